The maximum Gasteiger partial charge on any atom is 0.338 e. The van der Waals surface area contributed by atoms with Gasteiger partial charge >= 0.3 is 5.97 Å². The van der Waals surface area contributed by atoms with Crippen LogP contribution in [0.3, 0.4) is 0 Å². The number of ether oxygens (including phenoxy) is 1. The zero-order valence-corrected chi connectivity index (χ0v) is 22.9. The zero-order valence-electron chi connectivity index (χ0n) is 22.9. The number of aryl methyl sites for hydroxylation is 2. The third-order valence-corrected chi connectivity index (χ3v) is 8.13. The fourth-order valence-electron chi connectivity index (χ4n) is 6.03. The number of carbonyl (C=O) groups excluding carboxylic acids is 4. The molecule has 1 saturated heterocycles. The summed E-state index contributed by atoms with van der Waals surface area (Å²) >= 11 is 0. The SMILES string of the molecule is CCc1cccc(CC)c1NC(=O)COC(=O)c1cccc(N2C(=O)[C@@H]3CC[C@H](c4ccccc4)C[C@H]3C2=O)c1. The van der Waals surface area contributed by atoms with Crippen molar-refractivity contribution in [1.82, 2.24) is 0 Å². The lowest BCUT2D eigenvalue weighted by Crippen LogP contribution is -2.31. The molecule has 40 heavy (non-hydrogen) atoms. The standard InChI is InChI=1S/C33H34N2O5/c1-3-21-12-8-13-22(4-2)30(21)34-29(36)20-40-33(39)25-14-9-15-26(18-25)35-31(37)27-17-16-24(19-28(27)32(35)38)23-10-6-5-7-11-23/h5-15,18,24,27-28H,3-4,16-17,19-20H2,1-2H3,(H,34,36)/t24-,27+,28+/m0/s1. The van der Waals surface area contributed by atoms with Crippen LogP contribution in [0, 0.1) is 11.8 Å². The van der Waals surface area contributed by atoms with Crippen LogP contribution in [0.4, 0.5) is 11.4 Å². The van der Waals surface area contributed by atoms with Gasteiger partial charge in [0.05, 0.1) is 23.1 Å². The predicted molar refractivity (Wildman–Crippen MR) is 153 cm³/mol. The maximum atomic E-state index is 13.4. The number of para-hydroxylation sites is 1. The molecule has 7 heteroatoms. The number of amides is 3. The lowest BCUT2D eigenvalue weighted by Gasteiger charge is -2.28. The number of imide groups is 1. The van der Waals surface area contributed by atoms with Crippen LogP contribution in [0.1, 0.15) is 66.1 Å². The average molecular weight is 539 g/mol. The molecule has 0 aromatic heterocycles. The highest BCUT2D eigenvalue weighted by Crippen LogP contribution is 2.45. The van der Waals surface area contributed by atoms with Crippen molar-refractivity contribution in [2.45, 2.75) is 51.9 Å². The van der Waals surface area contributed by atoms with Crippen LogP contribution >= 0.6 is 0 Å². The number of hydrogen-bond acceptors (Lipinski definition) is 5. The van der Waals surface area contributed by atoms with Crippen LogP contribution in [-0.2, 0) is 32.0 Å². The minimum atomic E-state index is -0.697. The van der Waals surface area contributed by atoms with Crippen molar-refractivity contribution in [3.63, 3.8) is 0 Å². The fraction of sp³-hybridized carbons (Fsp3) is 0.333. The second-order valence-corrected chi connectivity index (χ2v) is 10.5. The first-order valence-corrected chi connectivity index (χ1v) is 14.0. The van der Waals surface area contributed by atoms with Gasteiger partial charge in [0.1, 0.15) is 0 Å². The molecule has 7 nitrogen and oxygen atoms in total. The second kappa shape index (κ2) is 11.9. The Bertz CT molecular complexity index is 1410. The summed E-state index contributed by atoms with van der Waals surface area (Å²) in [6, 6.07) is 22.3. The number of nitrogens with one attached hydrogen (secondary N) is 1. The van der Waals surface area contributed by atoms with Crippen LogP contribution in [0.15, 0.2) is 72.8 Å². The van der Waals surface area contributed by atoms with Crippen LogP contribution in [-0.4, -0.2) is 30.3 Å². The summed E-state index contributed by atoms with van der Waals surface area (Å²) in [6.45, 7) is 3.59. The van der Waals surface area contributed by atoms with Crippen molar-refractivity contribution in [3.8, 4) is 0 Å². The molecular formula is C33H34N2O5. The van der Waals surface area contributed by atoms with Crippen molar-refractivity contribution < 1.29 is 23.9 Å². The van der Waals surface area contributed by atoms with Gasteiger partial charge in [-0.25, -0.2) is 4.79 Å². The summed E-state index contributed by atoms with van der Waals surface area (Å²) < 4.78 is 5.30. The van der Waals surface area contributed by atoms with E-state index in [-0.39, 0.29) is 35.1 Å². The first-order valence-electron chi connectivity index (χ1n) is 14.0. The van der Waals surface area contributed by atoms with E-state index in [1.165, 1.54) is 16.5 Å². The number of anilines is 2. The first kappa shape index (κ1) is 27.3. The summed E-state index contributed by atoms with van der Waals surface area (Å²) in [5, 5.41) is 2.89. The van der Waals surface area contributed by atoms with Crippen LogP contribution in [0.5, 0.6) is 0 Å². The molecular weight excluding hydrogens is 504 g/mol. The van der Waals surface area contributed by atoms with E-state index in [1.807, 2.05) is 50.2 Å². The molecule has 3 amide bonds. The van der Waals surface area contributed by atoms with Gasteiger partial charge in [-0.3, -0.25) is 19.3 Å². The zero-order chi connectivity index (χ0) is 28.2. The summed E-state index contributed by atoms with van der Waals surface area (Å²) in [7, 11) is 0. The quantitative estimate of drug-likeness (QED) is 0.294. The number of esters is 1. The highest BCUT2D eigenvalue weighted by atomic mass is 16.5. The van der Waals surface area contributed by atoms with E-state index < -0.39 is 18.5 Å². The molecule has 5 rings (SSSR count). The van der Waals surface area contributed by atoms with Crippen LogP contribution in [0.25, 0.3) is 0 Å². The van der Waals surface area contributed by atoms with E-state index in [2.05, 4.69) is 17.4 Å². The van der Waals surface area contributed by atoms with Gasteiger partial charge in [-0.1, -0.05) is 68.4 Å². The molecule has 1 aliphatic heterocycles. The third-order valence-electron chi connectivity index (χ3n) is 8.13. The molecule has 0 spiro atoms. The van der Waals surface area contributed by atoms with E-state index in [9.17, 15) is 19.2 Å². The van der Waals surface area contributed by atoms with Crippen molar-refractivity contribution in [3.05, 3.63) is 95.1 Å². The van der Waals surface area contributed by atoms with E-state index in [1.54, 1.807) is 18.2 Å². The second-order valence-electron chi connectivity index (χ2n) is 10.5. The third kappa shape index (κ3) is 5.41. The number of nitrogens with zero attached hydrogens (tertiary/aromatic N) is 1. The molecule has 1 aliphatic carbocycles. The highest BCUT2D eigenvalue weighted by molar-refractivity contribution is 6.22. The Hall–Kier alpha value is -4.26. The van der Waals surface area contributed by atoms with E-state index in [4.69, 9.17) is 4.74 Å². The molecule has 2 aliphatic rings. The van der Waals surface area contributed by atoms with Gasteiger partial charge in [0.2, 0.25) is 11.8 Å². The van der Waals surface area contributed by atoms with Crippen molar-refractivity contribution in [2.75, 3.05) is 16.8 Å². The number of carbonyl (C=O) groups is 4. The number of hydrogen-bond donors (Lipinski definition) is 1. The Kier molecular flexibility index (Phi) is 8.10. The van der Waals surface area contributed by atoms with Gasteiger partial charge in [0.25, 0.3) is 5.91 Å². The topological polar surface area (TPSA) is 92.8 Å². The van der Waals surface area contributed by atoms with Crippen LogP contribution < -0.4 is 10.2 Å². The summed E-state index contributed by atoms with van der Waals surface area (Å²) in [4.78, 5) is 53.4. The first-order chi connectivity index (χ1) is 19.4. The Morgan fingerprint density at radius 2 is 1.52 bits per heavy atom. The summed E-state index contributed by atoms with van der Waals surface area (Å²) in [6.07, 6.45) is 3.67. The molecule has 1 heterocycles. The fourth-order valence-corrected chi connectivity index (χ4v) is 6.03. The van der Waals surface area contributed by atoms with Gasteiger partial charge in [-0.05, 0) is 72.9 Å². The van der Waals surface area contributed by atoms with Gasteiger partial charge in [0.15, 0.2) is 6.61 Å². The largest absolute Gasteiger partial charge is 0.452 e. The monoisotopic (exact) mass is 538 g/mol. The Morgan fingerprint density at radius 1 is 0.850 bits per heavy atom. The lowest BCUT2D eigenvalue weighted by atomic mass is 9.73. The van der Waals surface area contributed by atoms with E-state index in [0.29, 0.717) is 18.5 Å². The molecule has 0 unspecified atom stereocenters. The Balaban J connectivity index is 1.25. The molecule has 206 valence electrons. The number of rotatable bonds is 8. The highest BCUT2D eigenvalue weighted by Gasteiger charge is 2.50. The summed E-state index contributed by atoms with van der Waals surface area (Å²) in [5.41, 5.74) is 4.51. The molecule has 3 atom stereocenters. The molecule has 0 bridgehead atoms. The van der Waals surface area contributed by atoms with Crippen molar-refractivity contribution in [2.24, 2.45) is 11.8 Å². The number of fused-ring (bicyclic) bond motifs is 1. The minimum Gasteiger partial charge on any atom is -0.452 e. The molecule has 3 aromatic rings. The minimum absolute atomic E-state index is 0.172. The molecule has 2 fully saturated rings. The molecule has 1 saturated carbocycles. The smallest absolute Gasteiger partial charge is 0.338 e. The van der Waals surface area contributed by atoms with Gasteiger partial charge in [0, 0.05) is 5.69 Å². The maximum absolute atomic E-state index is 13.4. The summed E-state index contributed by atoms with van der Waals surface area (Å²) in [5.74, 6) is -2.03. The average Bonchev–Trinajstić information content (AvgIpc) is 3.25. The Labute approximate surface area is 234 Å². The van der Waals surface area contributed by atoms with Crippen molar-refractivity contribution >= 4 is 35.1 Å². The van der Waals surface area contributed by atoms with Gasteiger partial charge < -0.3 is 10.1 Å². The van der Waals surface area contributed by atoms with Crippen molar-refractivity contribution in [1.29, 1.82) is 0 Å². The molecule has 1 N–H and O–H groups in total. The van der Waals surface area contributed by atoms with Gasteiger partial charge in [-0.15, -0.1) is 0 Å². The van der Waals surface area contributed by atoms with E-state index in [0.717, 1.165) is 36.1 Å². The van der Waals surface area contributed by atoms with E-state index >= 15 is 0 Å². The normalized spacial score (nSPS) is 20.2. The predicted octanol–water partition coefficient (Wildman–Crippen LogP) is 5.68. The molecule has 3 aromatic carbocycles. The van der Waals surface area contributed by atoms with Gasteiger partial charge in [-0.2, -0.15) is 0 Å². The Morgan fingerprint density at radius 3 is 2.23 bits per heavy atom. The molecule has 0 radical (unpaired) electrons. The van der Waals surface area contributed by atoms with Crippen LogP contribution in [0.2, 0.25) is 0 Å². The lowest BCUT2D eigenvalue weighted by molar-refractivity contribution is -0.122. The number of benzene rings is 3.